The molecule has 13 heavy (non-hydrogen) atoms. The van der Waals surface area contributed by atoms with Gasteiger partial charge in [-0.2, -0.15) is 0 Å². The summed E-state index contributed by atoms with van der Waals surface area (Å²) in [4.78, 5) is 0. The minimum atomic E-state index is 0.329. The standard InChI is InChI=1S/C12H17N/c1-2-11(13)12(8-9-12)10-6-4-3-5-7-10/h3-7,11H,2,8-9,13H2,1H3. The average Bonchev–Trinajstić information content (AvgIpc) is 2.99. The van der Waals surface area contributed by atoms with Crippen LogP contribution in [0.1, 0.15) is 31.7 Å². The summed E-state index contributed by atoms with van der Waals surface area (Å²) in [5.41, 5.74) is 7.91. The van der Waals surface area contributed by atoms with E-state index in [0.717, 1.165) is 6.42 Å². The molecule has 0 radical (unpaired) electrons. The first-order valence-corrected chi connectivity index (χ1v) is 5.11. The van der Waals surface area contributed by atoms with Gasteiger partial charge in [-0.15, -0.1) is 0 Å². The highest BCUT2D eigenvalue weighted by Crippen LogP contribution is 2.50. The normalized spacial score (nSPS) is 21.1. The highest BCUT2D eigenvalue weighted by atomic mass is 14.7. The van der Waals surface area contributed by atoms with Gasteiger partial charge in [-0.1, -0.05) is 37.3 Å². The topological polar surface area (TPSA) is 26.0 Å². The van der Waals surface area contributed by atoms with Gasteiger partial charge in [-0.3, -0.25) is 0 Å². The predicted molar refractivity (Wildman–Crippen MR) is 55.6 cm³/mol. The molecule has 0 bridgehead atoms. The van der Waals surface area contributed by atoms with E-state index in [4.69, 9.17) is 5.73 Å². The molecule has 1 unspecified atom stereocenters. The molecule has 0 saturated heterocycles. The van der Waals surface area contributed by atoms with E-state index in [1.54, 1.807) is 0 Å². The molecule has 1 aromatic rings. The number of rotatable bonds is 3. The zero-order valence-electron chi connectivity index (χ0n) is 8.16. The first kappa shape index (κ1) is 8.76. The van der Waals surface area contributed by atoms with Crippen molar-refractivity contribution in [3.63, 3.8) is 0 Å². The lowest BCUT2D eigenvalue weighted by molar-refractivity contribution is 0.503. The summed E-state index contributed by atoms with van der Waals surface area (Å²) < 4.78 is 0. The summed E-state index contributed by atoms with van der Waals surface area (Å²) in [7, 11) is 0. The fourth-order valence-electron chi connectivity index (χ4n) is 2.17. The van der Waals surface area contributed by atoms with E-state index in [-0.39, 0.29) is 0 Å². The van der Waals surface area contributed by atoms with Gasteiger partial charge < -0.3 is 5.73 Å². The van der Waals surface area contributed by atoms with Crippen LogP contribution in [0.15, 0.2) is 30.3 Å². The van der Waals surface area contributed by atoms with Crippen molar-refractivity contribution < 1.29 is 0 Å². The van der Waals surface area contributed by atoms with Crippen LogP contribution in [0, 0.1) is 0 Å². The Morgan fingerprint density at radius 1 is 1.31 bits per heavy atom. The predicted octanol–water partition coefficient (Wildman–Crippen LogP) is 2.46. The second-order valence-corrected chi connectivity index (χ2v) is 4.04. The summed E-state index contributed by atoms with van der Waals surface area (Å²) in [5, 5.41) is 0. The second-order valence-electron chi connectivity index (χ2n) is 4.04. The van der Waals surface area contributed by atoms with Gasteiger partial charge in [-0.25, -0.2) is 0 Å². The summed E-state index contributed by atoms with van der Waals surface area (Å²) >= 11 is 0. The zero-order valence-corrected chi connectivity index (χ0v) is 8.16. The van der Waals surface area contributed by atoms with Crippen molar-refractivity contribution in [1.29, 1.82) is 0 Å². The quantitative estimate of drug-likeness (QED) is 0.750. The zero-order chi connectivity index (χ0) is 9.31. The Bertz CT molecular complexity index is 274. The van der Waals surface area contributed by atoms with E-state index >= 15 is 0 Å². The first-order chi connectivity index (χ1) is 6.29. The lowest BCUT2D eigenvalue weighted by atomic mass is 9.87. The third kappa shape index (κ3) is 1.37. The minimum Gasteiger partial charge on any atom is -0.327 e. The number of nitrogens with two attached hydrogens (primary N) is 1. The van der Waals surface area contributed by atoms with Gasteiger partial charge in [0.1, 0.15) is 0 Å². The monoisotopic (exact) mass is 175 g/mol. The van der Waals surface area contributed by atoms with E-state index in [9.17, 15) is 0 Å². The van der Waals surface area contributed by atoms with Crippen molar-refractivity contribution in [2.75, 3.05) is 0 Å². The highest BCUT2D eigenvalue weighted by Gasteiger charge is 2.48. The summed E-state index contributed by atoms with van der Waals surface area (Å²) in [6, 6.07) is 11.0. The summed E-state index contributed by atoms with van der Waals surface area (Å²) in [6.45, 7) is 2.17. The molecule has 1 atom stereocenters. The second kappa shape index (κ2) is 3.15. The van der Waals surface area contributed by atoms with Crippen molar-refractivity contribution in [3.8, 4) is 0 Å². The Hall–Kier alpha value is -0.820. The van der Waals surface area contributed by atoms with Crippen molar-refractivity contribution in [2.24, 2.45) is 5.73 Å². The van der Waals surface area contributed by atoms with Crippen LogP contribution in [0.5, 0.6) is 0 Å². The smallest absolute Gasteiger partial charge is 0.0134 e. The molecule has 1 heteroatoms. The molecule has 2 N–H and O–H groups in total. The molecule has 0 heterocycles. The van der Waals surface area contributed by atoms with Gasteiger partial charge in [-0.05, 0) is 24.8 Å². The van der Waals surface area contributed by atoms with Crippen molar-refractivity contribution >= 4 is 0 Å². The lowest BCUT2D eigenvalue weighted by Gasteiger charge is -2.22. The number of benzene rings is 1. The minimum absolute atomic E-state index is 0.329. The van der Waals surface area contributed by atoms with Crippen molar-refractivity contribution in [3.05, 3.63) is 35.9 Å². The molecule has 1 fully saturated rings. The Morgan fingerprint density at radius 2 is 1.92 bits per heavy atom. The Balaban J connectivity index is 2.26. The summed E-state index contributed by atoms with van der Waals surface area (Å²) in [6.07, 6.45) is 3.62. The molecule has 0 aliphatic heterocycles. The van der Waals surface area contributed by atoms with Gasteiger partial charge in [0.05, 0.1) is 0 Å². The van der Waals surface area contributed by atoms with Crippen LogP contribution in [0.2, 0.25) is 0 Å². The molecule has 70 valence electrons. The van der Waals surface area contributed by atoms with Gasteiger partial charge in [0.25, 0.3) is 0 Å². The number of hydrogen-bond acceptors (Lipinski definition) is 1. The van der Waals surface area contributed by atoms with Crippen LogP contribution in [0.4, 0.5) is 0 Å². The molecule has 1 saturated carbocycles. The average molecular weight is 175 g/mol. The number of hydrogen-bond donors (Lipinski definition) is 1. The Morgan fingerprint density at radius 3 is 2.38 bits per heavy atom. The Kier molecular flexibility index (Phi) is 2.12. The Labute approximate surface area is 80.0 Å². The molecular formula is C12H17N. The van der Waals surface area contributed by atoms with Gasteiger partial charge in [0.2, 0.25) is 0 Å². The largest absolute Gasteiger partial charge is 0.327 e. The van der Waals surface area contributed by atoms with E-state index in [1.165, 1.54) is 18.4 Å². The maximum Gasteiger partial charge on any atom is 0.0134 e. The molecule has 1 aliphatic carbocycles. The molecule has 2 rings (SSSR count). The maximum atomic E-state index is 6.15. The van der Waals surface area contributed by atoms with Crippen molar-refractivity contribution in [2.45, 2.75) is 37.6 Å². The summed E-state index contributed by atoms with van der Waals surface area (Å²) in [5.74, 6) is 0. The highest BCUT2D eigenvalue weighted by molar-refractivity contribution is 5.33. The van der Waals surface area contributed by atoms with Crippen LogP contribution < -0.4 is 5.73 Å². The lowest BCUT2D eigenvalue weighted by Crippen LogP contribution is -2.33. The van der Waals surface area contributed by atoms with Crippen LogP contribution in [0.3, 0.4) is 0 Å². The third-order valence-corrected chi connectivity index (χ3v) is 3.29. The van der Waals surface area contributed by atoms with Gasteiger partial charge in [0.15, 0.2) is 0 Å². The fraction of sp³-hybridized carbons (Fsp3) is 0.500. The van der Waals surface area contributed by atoms with Gasteiger partial charge >= 0.3 is 0 Å². The molecule has 1 aliphatic rings. The maximum absolute atomic E-state index is 6.15. The fourth-order valence-corrected chi connectivity index (χ4v) is 2.17. The molecule has 0 amide bonds. The van der Waals surface area contributed by atoms with Gasteiger partial charge in [0, 0.05) is 11.5 Å². The van der Waals surface area contributed by atoms with E-state index in [0.29, 0.717) is 11.5 Å². The van der Waals surface area contributed by atoms with E-state index < -0.39 is 0 Å². The van der Waals surface area contributed by atoms with Crippen molar-refractivity contribution in [1.82, 2.24) is 0 Å². The SMILES string of the molecule is CCC(N)C1(c2ccccc2)CC1. The first-order valence-electron chi connectivity index (χ1n) is 5.11. The third-order valence-electron chi connectivity index (χ3n) is 3.29. The van der Waals surface area contributed by atoms with Crippen LogP contribution in [-0.2, 0) is 5.41 Å². The van der Waals surface area contributed by atoms with Crippen LogP contribution >= 0.6 is 0 Å². The molecule has 0 spiro atoms. The molecule has 1 aromatic carbocycles. The molecule has 1 nitrogen and oxygen atoms in total. The van der Waals surface area contributed by atoms with Crippen LogP contribution in [0.25, 0.3) is 0 Å². The van der Waals surface area contributed by atoms with E-state index in [1.807, 2.05) is 0 Å². The van der Waals surface area contributed by atoms with E-state index in [2.05, 4.69) is 37.3 Å². The molecular weight excluding hydrogens is 158 g/mol. The van der Waals surface area contributed by atoms with Crippen LogP contribution in [-0.4, -0.2) is 6.04 Å². The molecule has 0 aromatic heterocycles.